The maximum absolute atomic E-state index is 5.99. The molecule has 0 aliphatic heterocycles. The summed E-state index contributed by atoms with van der Waals surface area (Å²) in [4.78, 5) is 4.36. The average Bonchev–Trinajstić information content (AvgIpc) is 2.38. The van der Waals surface area contributed by atoms with Gasteiger partial charge in [0.2, 0.25) is 0 Å². The molecule has 88 valence electrons. The molecule has 3 nitrogen and oxygen atoms in total. The van der Waals surface area contributed by atoms with Gasteiger partial charge in [-0.2, -0.15) is 0 Å². The minimum atomic E-state index is 0.402. The summed E-state index contributed by atoms with van der Waals surface area (Å²) in [7, 11) is 1.83. The molecule has 17 heavy (non-hydrogen) atoms. The van der Waals surface area contributed by atoms with Gasteiger partial charge in [-0.05, 0) is 24.3 Å². The molecule has 0 saturated carbocycles. The predicted octanol–water partition coefficient (Wildman–Crippen LogP) is 3.36. The van der Waals surface area contributed by atoms with E-state index < -0.39 is 0 Å². The van der Waals surface area contributed by atoms with Gasteiger partial charge in [0.05, 0.1) is 10.7 Å². The third-order valence-corrected chi connectivity index (χ3v) is 2.59. The highest BCUT2D eigenvalue weighted by Crippen LogP contribution is 2.23. The molecular weight excluding hydrogens is 236 g/mol. The maximum atomic E-state index is 5.99. The second-order valence-corrected chi connectivity index (χ2v) is 3.89. The van der Waals surface area contributed by atoms with Gasteiger partial charge in [0.1, 0.15) is 18.2 Å². The van der Waals surface area contributed by atoms with Gasteiger partial charge in [0.15, 0.2) is 0 Å². The van der Waals surface area contributed by atoms with Gasteiger partial charge in [-0.25, -0.2) is 4.98 Å². The summed E-state index contributed by atoms with van der Waals surface area (Å²) in [5.41, 5.74) is 0.858. The molecule has 2 rings (SSSR count). The van der Waals surface area contributed by atoms with Crippen LogP contribution in [0.1, 0.15) is 5.69 Å². The van der Waals surface area contributed by atoms with Crippen LogP contribution in [0.15, 0.2) is 42.5 Å². The Balaban J connectivity index is 2.05. The number of ether oxygens (including phenoxy) is 1. The number of anilines is 1. The van der Waals surface area contributed by atoms with Crippen LogP contribution in [-0.4, -0.2) is 12.0 Å². The number of pyridine rings is 1. The summed E-state index contributed by atoms with van der Waals surface area (Å²) in [6.07, 6.45) is 0. The number of nitrogens with one attached hydrogen (secondary N) is 1. The normalized spacial score (nSPS) is 10.0. The van der Waals surface area contributed by atoms with Gasteiger partial charge in [-0.3, -0.25) is 0 Å². The zero-order valence-corrected chi connectivity index (χ0v) is 10.2. The highest BCUT2D eigenvalue weighted by Gasteiger charge is 2.01. The van der Waals surface area contributed by atoms with E-state index in [1.165, 1.54) is 0 Å². The lowest BCUT2D eigenvalue weighted by molar-refractivity contribution is 0.301. The van der Waals surface area contributed by atoms with Crippen LogP contribution in [0.2, 0.25) is 5.02 Å². The first kappa shape index (κ1) is 11.7. The lowest BCUT2D eigenvalue weighted by Gasteiger charge is -2.08. The van der Waals surface area contributed by atoms with E-state index in [-0.39, 0.29) is 0 Å². The second kappa shape index (κ2) is 5.55. The number of halogens is 1. The average molecular weight is 249 g/mol. The second-order valence-electron chi connectivity index (χ2n) is 3.48. The van der Waals surface area contributed by atoms with Crippen LogP contribution in [-0.2, 0) is 6.61 Å². The molecule has 2 aromatic rings. The summed E-state index contributed by atoms with van der Waals surface area (Å²) >= 11 is 5.99. The van der Waals surface area contributed by atoms with E-state index >= 15 is 0 Å². The number of benzene rings is 1. The highest BCUT2D eigenvalue weighted by atomic mass is 35.5. The van der Waals surface area contributed by atoms with E-state index in [0.717, 1.165) is 11.5 Å². The van der Waals surface area contributed by atoms with Gasteiger partial charge in [-0.1, -0.05) is 29.8 Å². The van der Waals surface area contributed by atoms with Crippen molar-refractivity contribution in [2.24, 2.45) is 0 Å². The Morgan fingerprint density at radius 3 is 2.76 bits per heavy atom. The van der Waals surface area contributed by atoms with E-state index in [1.807, 2.05) is 43.4 Å². The van der Waals surface area contributed by atoms with Crippen molar-refractivity contribution in [3.63, 3.8) is 0 Å². The van der Waals surface area contributed by atoms with E-state index in [1.54, 1.807) is 6.07 Å². The summed E-state index contributed by atoms with van der Waals surface area (Å²) in [5.74, 6) is 1.50. The number of para-hydroxylation sites is 1. The van der Waals surface area contributed by atoms with Crippen molar-refractivity contribution in [3.05, 3.63) is 53.2 Å². The molecule has 1 heterocycles. The Labute approximate surface area is 105 Å². The fourth-order valence-corrected chi connectivity index (χ4v) is 1.60. The Bertz CT molecular complexity index is 502. The van der Waals surface area contributed by atoms with Crippen LogP contribution in [0.3, 0.4) is 0 Å². The topological polar surface area (TPSA) is 34.1 Å². The van der Waals surface area contributed by atoms with Gasteiger partial charge in [0, 0.05) is 7.05 Å². The molecule has 0 bridgehead atoms. The molecular formula is C13H13ClN2O. The largest absolute Gasteiger partial charge is 0.486 e. The Hall–Kier alpha value is -1.74. The quantitative estimate of drug-likeness (QED) is 0.901. The van der Waals surface area contributed by atoms with E-state index in [4.69, 9.17) is 16.3 Å². The lowest BCUT2D eigenvalue weighted by atomic mass is 10.3. The third kappa shape index (κ3) is 3.11. The number of hydrogen-bond donors (Lipinski definition) is 1. The first-order valence-electron chi connectivity index (χ1n) is 5.30. The van der Waals surface area contributed by atoms with Crippen LogP contribution < -0.4 is 10.1 Å². The minimum absolute atomic E-state index is 0.402. The van der Waals surface area contributed by atoms with Crippen LogP contribution in [0, 0.1) is 0 Å². The molecule has 4 heteroatoms. The Kier molecular flexibility index (Phi) is 3.83. The predicted molar refractivity (Wildman–Crippen MR) is 69.6 cm³/mol. The lowest BCUT2D eigenvalue weighted by Crippen LogP contribution is -2.01. The summed E-state index contributed by atoms with van der Waals surface area (Å²) in [5, 5.41) is 3.59. The number of hydrogen-bond acceptors (Lipinski definition) is 3. The molecule has 0 fully saturated rings. The summed E-state index contributed by atoms with van der Waals surface area (Å²) in [6, 6.07) is 13.1. The minimum Gasteiger partial charge on any atom is -0.486 e. The number of nitrogens with zero attached hydrogens (tertiary/aromatic N) is 1. The Morgan fingerprint density at radius 1 is 1.18 bits per heavy atom. The zero-order valence-electron chi connectivity index (χ0n) is 9.48. The maximum Gasteiger partial charge on any atom is 0.138 e. The highest BCUT2D eigenvalue weighted by molar-refractivity contribution is 6.32. The zero-order chi connectivity index (χ0) is 12.1. The molecule has 0 radical (unpaired) electrons. The van der Waals surface area contributed by atoms with Gasteiger partial charge >= 0.3 is 0 Å². The number of aromatic nitrogens is 1. The van der Waals surface area contributed by atoms with E-state index in [9.17, 15) is 0 Å². The van der Waals surface area contributed by atoms with Crippen molar-refractivity contribution < 1.29 is 4.74 Å². The van der Waals surface area contributed by atoms with Crippen LogP contribution in [0.4, 0.5) is 5.82 Å². The molecule has 0 saturated heterocycles. The van der Waals surface area contributed by atoms with E-state index in [2.05, 4.69) is 10.3 Å². The first-order chi connectivity index (χ1) is 8.29. The van der Waals surface area contributed by atoms with Crippen molar-refractivity contribution in [1.29, 1.82) is 0 Å². The van der Waals surface area contributed by atoms with Gasteiger partial charge < -0.3 is 10.1 Å². The molecule has 1 aromatic carbocycles. The van der Waals surface area contributed by atoms with Crippen molar-refractivity contribution in [2.45, 2.75) is 6.61 Å². The molecule has 0 atom stereocenters. The van der Waals surface area contributed by atoms with Gasteiger partial charge in [0.25, 0.3) is 0 Å². The number of rotatable bonds is 4. The van der Waals surface area contributed by atoms with Crippen LogP contribution in [0.5, 0.6) is 5.75 Å². The standard InChI is InChI=1S/C13H13ClN2O/c1-15-13-8-4-5-10(16-13)9-17-12-7-3-2-6-11(12)14/h2-8H,9H2,1H3,(H,15,16). The van der Waals surface area contributed by atoms with Crippen LogP contribution >= 0.6 is 11.6 Å². The van der Waals surface area contributed by atoms with E-state index in [0.29, 0.717) is 17.4 Å². The molecule has 0 aliphatic carbocycles. The van der Waals surface area contributed by atoms with Crippen LogP contribution in [0.25, 0.3) is 0 Å². The molecule has 1 aromatic heterocycles. The molecule has 0 unspecified atom stereocenters. The first-order valence-corrected chi connectivity index (χ1v) is 5.68. The smallest absolute Gasteiger partial charge is 0.138 e. The van der Waals surface area contributed by atoms with Crippen molar-refractivity contribution in [3.8, 4) is 5.75 Å². The third-order valence-electron chi connectivity index (χ3n) is 2.28. The van der Waals surface area contributed by atoms with Crippen molar-refractivity contribution >= 4 is 17.4 Å². The monoisotopic (exact) mass is 248 g/mol. The van der Waals surface area contributed by atoms with Crippen molar-refractivity contribution in [2.75, 3.05) is 12.4 Å². The Morgan fingerprint density at radius 2 is 2.00 bits per heavy atom. The SMILES string of the molecule is CNc1cccc(COc2ccccc2Cl)n1. The molecule has 0 aliphatic rings. The van der Waals surface area contributed by atoms with Crippen molar-refractivity contribution in [1.82, 2.24) is 4.98 Å². The molecule has 0 spiro atoms. The fraction of sp³-hybridized carbons (Fsp3) is 0.154. The summed E-state index contributed by atoms with van der Waals surface area (Å²) in [6.45, 7) is 0.402. The van der Waals surface area contributed by atoms with Gasteiger partial charge in [-0.15, -0.1) is 0 Å². The molecule has 0 amide bonds. The summed E-state index contributed by atoms with van der Waals surface area (Å²) < 4.78 is 5.60. The fourth-order valence-electron chi connectivity index (χ4n) is 1.41. The molecule has 1 N–H and O–H groups in total.